The number of hydrogen-bond acceptors (Lipinski definition) is 1. The van der Waals surface area contributed by atoms with Crippen LogP contribution in [-0.2, 0) is 13.4 Å². The van der Waals surface area contributed by atoms with Gasteiger partial charge >= 0.3 is 201 Å². The second-order valence-corrected chi connectivity index (χ2v) is 20.0. The van der Waals surface area contributed by atoms with Crippen LogP contribution in [0.5, 0.6) is 0 Å². The first kappa shape index (κ1) is 18.6. The topological polar surface area (TPSA) is 17.0 Å². The fraction of sp³-hybridized carbons (Fsp3) is 0.233. The predicted molar refractivity (Wildman–Crippen MR) is 141 cm³/mol. The number of fused-ring (bicyclic) bond motifs is 4. The summed E-state index contributed by atoms with van der Waals surface area (Å²) in [5, 5.41) is 3.26. The van der Waals surface area contributed by atoms with E-state index in [4.69, 9.17) is 7.16 Å². The van der Waals surface area contributed by atoms with E-state index < -0.39 is 19.6 Å². The van der Waals surface area contributed by atoms with Gasteiger partial charge in [-0.25, -0.2) is 0 Å². The zero-order valence-corrected chi connectivity index (χ0v) is 21.8. The molecule has 0 fully saturated rings. The van der Waals surface area contributed by atoms with Gasteiger partial charge in [-0.2, -0.15) is 0 Å². The molecule has 164 valence electrons. The molecular formula is C30H30GeNO+. The molecule has 2 aromatic heterocycles. The summed E-state index contributed by atoms with van der Waals surface area (Å²) in [5.74, 6) is 4.82. The monoisotopic (exact) mass is 496 g/mol. The maximum atomic E-state index is 8.58. The van der Waals surface area contributed by atoms with Crippen LogP contribution in [0.15, 0.2) is 77.3 Å². The van der Waals surface area contributed by atoms with Gasteiger partial charge in [-0.15, -0.1) is 0 Å². The fourth-order valence-corrected chi connectivity index (χ4v) is 10.5. The van der Waals surface area contributed by atoms with Gasteiger partial charge in [-0.05, 0) is 0 Å². The Bertz CT molecular complexity index is 1630. The van der Waals surface area contributed by atoms with E-state index in [0.717, 1.165) is 55.1 Å². The Morgan fingerprint density at radius 2 is 1.79 bits per heavy atom. The van der Waals surface area contributed by atoms with Crippen LogP contribution in [0.4, 0.5) is 0 Å². The van der Waals surface area contributed by atoms with E-state index in [1.807, 2.05) is 12.1 Å². The van der Waals surface area contributed by atoms with Crippen molar-refractivity contribution in [3.8, 4) is 22.4 Å². The first-order chi connectivity index (χ1) is 16.7. The van der Waals surface area contributed by atoms with Crippen LogP contribution in [0.3, 0.4) is 0 Å². The minimum atomic E-state index is -2.28. The summed E-state index contributed by atoms with van der Waals surface area (Å²) < 4.78 is 27.3. The zero-order chi connectivity index (χ0) is 24.5. The molecule has 0 bridgehead atoms. The van der Waals surface area contributed by atoms with Crippen LogP contribution < -0.4 is 8.96 Å². The molecule has 3 aromatic carbocycles. The molecule has 0 unspecified atom stereocenters. The van der Waals surface area contributed by atoms with E-state index in [0.29, 0.717) is 6.42 Å². The Kier molecular flexibility index (Phi) is 4.27. The summed E-state index contributed by atoms with van der Waals surface area (Å²) in [5.41, 5.74) is 8.36. The Labute approximate surface area is 201 Å². The molecular weight excluding hydrogens is 463 g/mol. The number of aryl methyl sites for hydroxylation is 3. The van der Waals surface area contributed by atoms with Gasteiger partial charge in [0.05, 0.1) is 0 Å². The van der Waals surface area contributed by atoms with Gasteiger partial charge in [-0.3, -0.25) is 0 Å². The average molecular weight is 495 g/mol. The zero-order valence-electron chi connectivity index (χ0n) is 21.7. The van der Waals surface area contributed by atoms with Crippen molar-refractivity contribution in [3.05, 3.63) is 84.1 Å². The van der Waals surface area contributed by atoms with Gasteiger partial charge in [-0.1, -0.05) is 0 Å². The molecule has 1 aliphatic rings. The van der Waals surface area contributed by atoms with Gasteiger partial charge in [0.25, 0.3) is 0 Å². The normalized spacial score (nSPS) is 17.6. The SMILES string of the molecule is [2H]C1([2H])C[CH2][Ge]([CH3])([CH3])[c]2cc(-c3cccc4c3oc3c(-c5cccc[n+]5C)c(C)ccc34)ccc21. The molecule has 0 saturated carbocycles. The molecule has 0 saturated heterocycles. The molecule has 0 radical (unpaired) electrons. The first-order valence-corrected chi connectivity index (χ1v) is 18.5. The summed E-state index contributed by atoms with van der Waals surface area (Å²) in [7, 11) is 2.07. The summed E-state index contributed by atoms with van der Waals surface area (Å²) >= 11 is -2.28. The molecule has 0 spiro atoms. The van der Waals surface area contributed by atoms with Crippen LogP contribution >= 0.6 is 0 Å². The summed E-state index contributed by atoms with van der Waals surface area (Å²) in [6.07, 6.45) is 1.47. The molecule has 1 aliphatic heterocycles. The van der Waals surface area contributed by atoms with E-state index in [9.17, 15) is 0 Å². The van der Waals surface area contributed by atoms with Crippen molar-refractivity contribution in [1.82, 2.24) is 0 Å². The van der Waals surface area contributed by atoms with Crippen molar-refractivity contribution in [3.63, 3.8) is 0 Å². The summed E-state index contributed by atoms with van der Waals surface area (Å²) in [6.45, 7) is 2.14. The van der Waals surface area contributed by atoms with Crippen LogP contribution in [-0.4, -0.2) is 13.3 Å². The van der Waals surface area contributed by atoms with Crippen LogP contribution in [0.25, 0.3) is 44.3 Å². The van der Waals surface area contributed by atoms with E-state index in [1.165, 1.54) is 9.96 Å². The second-order valence-electron chi connectivity index (χ2n) is 9.94. The molecule has 2 nitrogen and oxygen atoms in total. The number of rotatable bonds is 2. The molecule has 0 atom stereocenters. The summed E-state index contributed by atoms with van der Waals surface area (Å²) in [4.78, 5) is 0. The van der Waals surface area contributed by atoms with Gasteiger partial charge < -0.3 is 0 Å². The van der Waals surface area contributed by atoms with Gasteiger partial charge in [0.15, 0.2) is 0 Å². The molecule has 5 aromatic rings. The van der Waals surface area contributed by atoms with Gasteiger partial charge in [0.1, 0.15) is 0 Å². The van der Waals surface area contributed by atoms with Crippen molar-refractivity contribution < 1.29 is 11.7 Å². The number of aromatic nitrogens is 1. The second kappa shape index (κ2) is 7.60. The van der Waals surface area contributed by atoms with E-state index in [2.05, 4.69) is 90.8 Å². The number of pyridine rings is 1. The number of hydrogen-bond donors (Lipinski definition) is 0. The van der Waals surface area contributed by atoms with Crippen molar-refractivity contribution >= 4 is 39.6 Å². The molecule has 0 amide bonds. The summed E-state index contributed by atoms with van der Waals surface area (Å²) in [6, 6.07) is 23.4. The van der Waals surface area contributed by atoms with Gasteiger partial charge in [0.2, 0.25) is 0 Å². The number of benzene rings is 3. The van der Waals surface area contributed by atoms with Crippen molar-refractivity contribution in [1.29, 1.82) is 0 Å². The van der Waals surface area contributed by atoms with Crippen LogP contribution in [0.1, 0.15) is 20.3 Å². The standard InChI is InChI=1S/C30H30GeNO/c1-20-13-16-25-24-11-7-10-23(22-15-14-21-9-8-17-31(2,3)26(21)19-22)29(24)33-30(25)28(20)27-12-5-6-18-32(27)4/h5-7,10-16,18-19H,8-9,17H2,1-4H3/q+1/i9D2. The third kappa shape index (κ3) is 3.26. The molecule has 0 aliphatic carbocycles. The average Bonchev–Trinajstić information content (AvgIpc) is 3.21. The number of furan rings is 1. The number of para-hydroxylation sites is 1. The van der Waals surface area contributed by atoms with Crippen LogP contribution in [0, 0.1) is 6.92 Å². The van der Waals surface area contributed by atoms with Crippen molar-refractivity contribution in [2.24, 2.45) is 7.05 Å². The Morgan fingerprint density at radius 1 is 0.939 bits per heavy atom. The van der Waals surface area contributed by atoms with E-state index in [1.54, 1.807) is 0 Å². The molecule has 6 rings (SSSR count). The van der Waals surface area contributed by atoms with Crippen molar-refractivity contribution in [2.75, 3.05) is 0 Å². The molecule has 3 heterocycles. The third-order valence-corrected chi connectivity index (χ3v) is 14.4. The Hall–Kier alpha value is -2.85. The van der Waals surface area contributed by atoms with Gasteiger partial charge in [0, 0.05) is 0 Å². The van der Waals surface area contributed by atoms with E-state index >= 15 is 0 Å². The Morgan fingerprint density at radius 3 is 2.64 bits per heavy atom. The first-order valence-electron chi connectivity index (χ1n) is 12.7. The minimum absolute atomic E-state index is 0.643. The molecule has 0 N–H and O–H groups in total. The van der Waals surface area contributed by atoms with Crippen molar-refractivity contribution in [2.45, 2.75) is 36.5 Å². The van der Waals surface area contributed by atoms with Crippen LogP contribution in [0.2, 0.25) is 16.8 Å². The number of nitrogens with zero attached hydrogens (tertiary/aromatic N) is 1. The quantitative estimate of drug-likeness (QED) is 0.192. The fourth-order valence-electron chi connectivity index (χ4n) is 5.36. The maximum absolute atomic E-state index is 8.58. The predicted octanol–water partition coefficient (Wildman–Crippen LogP) is 6.91. The van der Waals surface area contributed by atoms with E-state index in [-0.39, 0.29) is 0 Å². The Balaban J connectivity index is 1.62. The third-order valence-electron chi connectivity index (χ3n) is 7.31. The molecule has 3 heteroatoms. The molecule has 33 heavy (non-hydrogen) atoms.